The number of hydrogen-bond donors (Lipinski definition) is 0. The molecular formula is C74H49N7. The monoisotopic (exact) mass is 1040 g/mol. The molecule has 0 N–H and O–H groups in total. The summed E-state index contributed by atoms with van der Waals surface area (Å²) in [5.41, 5.74) is 21.8. The average Bonchev–Trinajstić information content (AvgIpc) is 3.05. The Kier molecular flexibility index (Phi) is 11.6. The van der Waals surface area contributed by atoms with Gasteiger partial charge < -0.3 is 9.80 Å². The molecule has 0 saturated carbocycles. The van der Waals surface area contributed by atoms with Crippen LogP contribution in [0.25, 0.3) is 78.7 Å². The van der Waals surface area contributed by atoms with Crippen molar-refractivity contribution in [1.29, 1.82) is 0 Å². The summed E-state index contributed by atoms with van der Waals surface area (Å²) in [7, 11) is 0. The van der Waals surface area contributed by atoms with Gasteiger partial charge in [-0.05, 0) is 152 Å². The molecule has 2 aliphatic rings. The van der Waals surface area contributed by atoms with Crippen LogP contribution in [-0.2, 0) is 5.41 Å². The van der Waals surface area contributed by atoms with E-state index >= 15 is 0 Å². The van der Waals surface area contributed by atoms with Crippen LogP contribution in [-0.4, -0.2) is 24.9 Å². The second-order valence-corrected chi connectivity index (χ2v) is 20.5. The molecule has 15 rings (SSSR count). The molecule has 81 heavy (non-hydrogen) atoms. The van der Waals surface area contributed by atoms with Crippen LogP contribution in [0.1, 0.15) is 22.3 Å². The number of hydrogen-bond acceptors (Lipinski definition) is 7. The fourth-order valence-electron chi connectivity index (χ4n) is 12.2. The van der Waals surface area contributed by atoms with Crippen LogP contribution < -0.4 is 9.80 Å². The molecule has 1 aliphatic heterocycles. The number of aromatic nitrogens is 5. The molecular weight excluding hydrogens is 987 g/mol. The van der Waals surface area contributed by atoms with Crippen molar-refractivity contribution in [3.05, 3.63) is 320 Å². The Hall–Kier alpha value is -10.9. The van der Waals surface area contributed by atoms with Crippen molar-refractivity contribution in [3.8, 4) is 78.7 Å². The predicted octanol–water partition coefficient (Wildman–Crippen LogP) is 18.3. The standard InChI is InChI=1S/C74H49N7/c1-4-17-50(18-5-1)55-23-14-26-61(45-55)81-69-41-35-56(73-78-71(53-19-6-2-7-20-53)77-72(79-73)54-21-8-3-9-22-54)46-67(69)74(65-29-12-10-27-63(65)64-28-11-13-30-66(64)74)68-47-62(40-42-70(68)81)80(59-36-31-51(32-37-59)57-24-15-43-75-48-57)60-38-33-52(34-39-60)58-25-16-44-76-49-58/h1-49H. The molecule has 3 aromatic heterocycles. The molecule has 4 heterocycles. The fraction of sp³-hybridized carbons (Fsp3) is 0.0135. The Morgan fingerprint density at radius 3 is 1.23 bits per heavy atom. The van der Waals surface area contributed by atoms with Crippen molar-refractivity contribution in [3.63, 3.8) is 0 Å². The topological polar surface area (TPSA) is 70.9 Å². The van der Waals surface area contributed by atoms with E-state index in [1.54, 1.807) is 0 Å². The highest BCUT2D eigenvalue weighted by Crippen LogP contribution is 2.64. The zero-order chi connectivity index (χ0) is 53.7. The summed E-state index contributed by atoms with van der Waals surface area (Å²) in [4.78, 5) is 29.5. The van der Waals surface area contributed by atoms with Crippen LogP contribution >= 0.6 is 0 Å². The SMILES string of the molecule is c1ccc(-c2cccc(N3c4ccc(-c5nc(-c6ccccc6)nc(-c6ccccc6)n5)cc4C4(c5ccccc5-c5ccccc54)c4cc(N(c5ccc(-c6cccnc6)cc5)c5ccc(-c6cccnc6)cc5)ccc43)c2)cc1. The second kappa shape index (κ2) is 19.8. The molecule has 7 nitrogen and oxygen atoms in total. The smallest absolute Gasteiger partial charge is 0.164 e. The lowest BCUT2D eigenvalue weighted by Gasteiger charge is -2.45. The average molecular weight is 1040 g/mol. The molecule has 0 bridgehead atoms. The molecule has 10 aromatic carbocycles. The van der Waals surface area contributed by atoms with Crippen LogP contribution in [0.2, 0.25) is 0 Å². The second-order valence-electron chi connectivity index (χ2n) is 20.5. The number of fused-ring (bicyclic) bond motifs is 9. The van der Waals surface area contributed by atoms with Crippen LogP contribution in [0.15, 0.2) is 298 Å². The van der Waals surface area contributed by atoms with E-state index in [2.05, 4.69) is 244 Å². The van der Waals surface area contributed by atoms with Crippen molar-refractivity contribution >= 4 is 34.1 Å². The number of rotatable bonds is 10. The van der Waals surface area contributed by atoms with E-state index in [1.807, 2.05) is 73.3 Å². The lowest BCUT2D eigenvalue weighted by Crippen LogP contribution is -2.36. The third kappa shape index (κ3) is 8.18. The first-order valence-corrected chi connectivity index (χ1v) is 27.3. The number of anilines is 6. The minimum atomic E-state index is -0.824. The summed E-state index contributed by atoms with van der Waals surface area (Å²) in [6.07, 6.45) is 7.46. The first-order valence-electron chi connectivity index (χ1n) is 27.3. The third-order valence-corrected chi connectivity index (χ3v) is 15.9. The van der Waals surface area contributed by atoms with Crippen molar-refractivity contribution in [2.24, 2.45) is 0 Å². The van der Waals surface area contributed by atoms with Crippen LogP contribution in [0.4, 0.5) is 34.1 Å². The third-order valence-electron chi connectivity index (χ3n) is 15.9. The summed E-state index contributed by atoms with van der Waals surface area (Å²) in [5.74, 6) is 1.81. The molecule has 0 radical (unpaired) electrons. The van der Waals surface area contributed by atoms with Crippen molar-refractivity contribution in [2.45, 2.75) is 5.41 Å². The summed E-state index contributed by atoms with van der Waals surface area (Å²) < 4.78 is 0. The summed E-state index contributed by atoms with van der Waals surface area (Å²) in [5, 5.41) is 0. The highest BCUT2D eigenvalue weighted by molar-refractivity contribution is 5.98. The maximum absolute atomic E-state index is 5.32. The van der Waals surface area contributed by atoms with Gasteiger partial charge in [-0.25, -0.2) is 15.0 Å². The molecule has 7 heteroatoms. The minimum absolute atomic E-state index is 0.591. The van der Waals surface area contributed by atoms with Gasteiger partial charge in [0, 0.05) is 64.2 Å². The summed E-state index contributed by atoms with van der Waals surface area (Å²) in [6, 6.07) is 97.7. The first kappa shape index (κ1) is 47.3. The van der Waals surface area contributed by atoms with E-state index in [0.717, 1.165) is 95.3 Å². The molecule has 0 saturated heterocycles. The van der Waals surface area contributed by atoms with Gasteiger partial charge in [0.2, 0.25) is 0 Å². The largest absolute Gasteiger partial charge is 0.310 e. The van der Waals surface area contributed by atoms with Gasteiger partial charge in [-0.15, -0.1) is 0 Å². The predicted molar refractivity (Wildman–Crippen MR) is 328 cm³/mol. The van der Waals surface area contributed by atoms with Gasteiger partial charge in [0.05, 0.1) is 16.8 Å². The maximum Gasteiger partial charge on any atom is 0.164 e. The normalized spacial score (nSPS) is 12.5. The minimum Gasteiger partial charge on any atom is -0.310 e. The Labute approximate surface area is 470 Å². The quantitative estimate of drug-likeness (QED) is 0.135. The van der Waals surface area contributed by atoms with Gasteiger partial charge in [0.25, 0.3) is 0 Å². The molecule has 13 aromatic rings. The summed E-state index contributed by atoms with van der Waals surface area (Å²) in [6.45, 7) is 0. The molecule has 1 spiro atoms. The Bertz CT molecular complexity index is 4250. The van der Waals surface area contributed by atoms with E-state index in [-0.39, 0.29) is 0 Å². The van der Waals surface area contributed by atoms with Crippen molar-refractivity contribution in [1.82, 2.24) is 24.9 Å². The zero-order valence-corrected chi connectivity index (χ0v) is 43.9. The highest BCUT2D eigenvalue weighted by atomic mass is 15.2. The van der Waals surface area contributed by atoms with E-state index in [1.165, 1.54) is 22.3 Å². The molecule has 0 amide bonds. The zero-order valence-electron chi connectivity index (χ0n) is 43.9. The molecule has 0 unspecified atom stereocenters. The van der Waals surface area contributed by atoms with Crippen LogP contribution in [0, 0.1) is 0 Å². The van der Waals surface area contributed by atoms with E-state index in [0.29, 0.717) is 17.5 Å². The molecule has 0 fully saturated rings. The Morgan fingerprint density at radius 1 is 0.284 bits per heavy atom. The van der Waals surface area contributed by atoms with Gasteiger partial charge in [-0.3, -0.25) is 9.97 Å². The van der Waals surface area contributed by atoms with E-state index < -0.39 is 5.41 Å². The first-order chi connectivity index (χ1) is 40.2. The fourth-order valence-corrected chi connectivity index (χ4v) is 12.2. The maximum atomic E-state index is 5.32. The molecule has 0 atom stereocenters. The van der Waals surface area contributed by atoms with Crippen molar-refractivity contribution in [2.75, 3.05) is 9.80 Å². The van der Waals surface area contributed by atoms with Gasteiger partial charge in [-0.2, -0.15) is 0 Å². The van der Waals surface area contributed by atoms with Gasteiger partial charge in [-0.1, -0.05) is 188 Å². The summed E-state index contributed by atoms with van der Waals surface area (Å²) >= 11 is 0. The number of benzene rings is 10. The van der Waals surface area contributed by atoms with Gasteiger partial charge >= 0.3 is 0 Å². The lowest BCUT2D eigenvalue weighted by atomic mass is 9.64. The number of nitrogens with zero attached hydrogens (tertiary/aromatic N) is 7. The number of pyridine rings is 2. The molecule has 1 aliphatic carbocycles. The van der Waals surface area contributed by atoms with Crippen LogP contribution in [0.3, 0.4) is 0 Å². The van der Waals surface area contributed by atoms with E-state index in [9.17, 15) is 0 Å². The van der Waals surface area contributed by atoms with Gasteiger partial charge in [0.1, 0.15) is 0 Å². The Balaban J connectivity index is 1.01. The van der Waals surface area contributed by atoms with E-state index in [4.69, 9.17) is 15.0 Å². The highest BCUT2D eigenvalue weighted by Gasteiger charge is 2.52. The lowest BCUT2D eigenvalue weighted by molar-refractivity contribution is 0.752. The molecule has 380 valence electrons. The van der Waals surface area contributed by atoms with Crippen LogP contribution in [0.5, 0.6) is 0 Å². The van der Waals surface area contributed by atoms with Crippen molar-refractivity contribution < 1.29 is 0 Å². The van der Waals surface area contributed by atoms with Gasteiger partial charge in [0.15, 0.2) is 17.5 Å². The Morgan fingerprint density at radius 2 is 0.704 bits per heavy atom.